The van der Waals surface area contributed by atoms with Crippen molar-refractivity contribution in [2.75, 3.05) is 19.4 Å². The zero-order chi connectivity index (χ0) is 12.5. The van der Waals surface area contributed by atoms with Gasteiger partial charge in [0, 0.05) is 11.8 Å². The van der Waals surface area contributed by atoms with Crippen LogP contribution in [0.4, 0.5) is 0 Å². The van der Waals surface area contributed by atoms with Crippen LogP contribution in [0.5, 0.6) is 0 Å². The van der Waals surface area contributed by atoms with Crippen LogP contribution in [0.3, 0.4) is 0 Å². The fraction of sp³-hybridized carbons (Fsp3) is 0.643. The maximum atomic E-state index is 5.74. The molecule has 2 rings (SSSR count). The van der Waals surface area contributed by atoms with Crippen LogP contribution in [0.25, 0.3) is 0 Å². The monoisotopic (exact) mass is 251 g/mol. The number of ether oxygens (including phenoxy) is 1. The van der Waals surface area contributed by atoms with Crippen molar-refractivity contribution in [2.45, 2.75) is 32.5 Å². The van der Waals surface area contributed by atoms with E-state index in [1.54, 1.807) is 0 Å². The summed E-state index contributed by atoms with van der Waals surface area (Å²) in [4.78, 5) is 4.73. The van der Waals surface area contributed by atoms with Gasteiger partial charge in [0.25, 0.3) is 0 Å². The Balaban J connectivity index is 1.92. The number of nitrogens with zero attached hydrogens (tertiary/aromatic N) is 1. The van der Waals surface area contributed by atoms with Gasteiger partial charge in [0.1, 0.15) is 6.61 Å². The number of aliphatic imine (C=N–C) groups is 1. The van der Waals surface area contributed by atoms with Crippen LogP contribution in [0, 0.1) is 5.41 Å². The van der Waals surface area contributed by atoms with E-state index >= 15 is 0 Å². The minimum absolute atomic E-state index is 0.0770. The fourth-order valence-corrected chi connectivity index (χ4v) is 3.58. The summed E-state index contributed by atoms with van der Waals surface area (Å²) in [5, 5.41) is 0. The quantitative estimate of drug-likeness (QED) is 0.704. The molecule has 0 N–H and O–H groups in total. The van der Waals surface area contributed by atoms with E-state index in [9.17, 15) is 0 Å². The molecule has 1 aliphatic heterocycles. The minimum Gasteiger partial charge on any atom is -0.478 e. The Labute approximate surface area is 106 Å². The van der Waals surface area contributed by atoms with Crippen molar-refractivity contribution in [3.05, 3.63) is 24.3 Å². The van der Waals surface area contributed by atoms with E-state index in [4.69, 9.17) is 9.73 Å². The first kappa shape index (κ1) is 12.8. The molecule has 1 aliphatic carbocycles. The standard InChI is InChI=1S/C14H22NOP/c1-14(2,3)12-9-16-13(15-12)10-17(4)11-7-5-6-8-11/h5-8,11-12H,9-10H2,1-4H3/t12-,17?/m1/s1. The molecule has 0 aromatic heterocycles. The lowest BCUT2D eigenvalue weighted by Crippen LogP contribution is -2.25. The van der Waals surface area contributed by atoms with Gasteiger partial charge in [-0.2, -0.15) is 0 Å². The van der Waals surface area contributed by atoms with Gasteiger partial charge >= 0.3 is 0 Å². The third kappa shape index (κ3) is 3.19. The van der Waals surface area contributed by atoms with E-state index in [-0.39, 0.29) is 13.3 Å². The molecule has 1 heterocycles. The zero-order valence-electron chi connectivity index (χ0n) is 11.2. The SMILES string of the molecule is CP(CC1=N[C@@H](C(C)(C)C)CO1)C1C=CC=C1. The zero-order valence-corrected chi connectivity index (χ0v) is 12.1. The molecule has 2 aliphatic rings. The summed E-state index contributed by atoms with van der Waals surface area (Å²) >= 11 is 0. The second-order valence-electron chi connectivity index (χ2n) is 5.89. The van der Waals surface area contributed by atoms with Crippen LogP contribution in [0.2, 0.25) is 0 Å². The lowest BCUT2D eigenvalue weighted by atomic mass is 9.88. The first-order valence-corrected chi connectivity index (χ1v) is 8.26. The van der Waals surface area contributed by atoms with Gasteiger partial charge < -0.3 is 4.74 Å². The molecule has 1 unspecified atom stereocenters. The Morgan fingerprint density at radius 1 is 1.35 bits per heavy atom. The van der Waals surface area contributed by atoms with Crippen molar-refractivity contribution in [3.63, 3.8) is 0 Å². The molecule has 2 atom stereocenters. The predicted octanol–water partition coefficient (Wildman–Crippen LogP) is 3.44. The van der Waals surface area contributed by atoms with E-state index in [2.05, 4.69) is 51.7 Å². The van der Waals surface area contributed by atoms with E-state index in [1.807, 2.05) is 0 Å². The fourth-order valence-electron chi connectivity index (χ4n) is 1.99. The number of hydrogen-bond donors (Lipinski definition) is 0. The summed E-state index contributed by atoms with van der Waals surface area (Å²) in [6, 6.07) is 0.329. The molecule has 0 aromatic carbocycles. The summed E-state index contributed by atoms with van der Waals surface area (Å²) in [6.45, 7) is 9.77. The Hall–Kier alpha value is -0.620. The van der Waals surface area contributed by atoms with Gasteiger partial charge in [-0.3, -0.25) is 0 Å². The molecular weight excluding hydrogens is 229 g/mol. The van der Waals surface area contributed by atoms with Gasteiger partial charge in [-0.05, 0) is 12.1 Å². The van der Waals surface area contributed by atoms with Crippen LogP contribution < -0.4 is 0 Å². The van der Waals surface area contributed by atoms with Crippen LogP contribution in [-0.2, 0) is 4.74 Å². The smallest absolute Gasteiger partial charge is 0.188 e. The lowest BCUT2D eigenvalue weighted by molar-refractivity contribution is 0.235. The maximum Gasteiger partial charge on any atom is 0.188 e. The van der Waals surface area contributed by atoms with Gasteiger partial charge in [-0.15, -0.1) is 0 Å². The Morgan fingerprint density at radius 2 is 2.00 bits per heavy atom. The van der Waals surface area contributed by atoms with Gasteiger partial charge in [-0.1, -0.05) is 53.0 Å². The average Bonchev–Trinajstić information content (AvgIpc) is 2.85. The molecule has 0 radical (unpaired) electrons. The van der Waals surface area contributed by atoms with E-state index in [0.717, 1.165) is 18.7 Å². The average molecular weight is 251 g/mol. The predicted molar refractivity (Wildman–Crippen MR) is 76.4 cm³/mol. The van der Waals surface area contributed by atoms with E-state index < -0.39 is 0 Å². The van der Waals surface area contributed by atoms with Gasteiger partial charge in [-0.25, -0.2) is 4.99 Å². The number of allylic oxidation sites excluding steroid dienone is 4. The van der Waals surface area contributed by atoms with Crippen molar-refractivity contribution in [1.82, 2.24) is 0 Å². The van der Waals surface area contributed by atoms with E-state index in [1.165, 1.54) is 0 Å². The van der Waals surface area contributed by atoms with E-state index in [0.29, 0.717) is 11.7 Å². The topological polar surface area (TPSA) is 21.6 Å². The molecule has 17 heavy (non-hydrogen) atoms. The van der Waals surface area contributed by atoms with Gasteiger partial charge in [0.2, 0.25) is 0 Å². The minimum atomic E-state index is -0.0770. The van der Waals surface area contributed by atoms with Crippen molar-refractivity contribution >= 4 is 13.8 Å². The molecule has 0 amide bonds. The summed E-state index contributed by atoms with van der Waals surface area (Å²) in [5.41, 5.74) is 0.829. The first-order chi connectivity index (χ1) is 7.97. The number of rotatable bonds is 3. The molecule has 2 nitrogen and oxygen atoms in total. The second kappa shape index (κ2) is 4.94. The van der Waals surface area contributed by atoms with Crippen molar-refractivity contribution in [1.29, 1.82) is 0 Å². The summed E-state index contributed by atoms with van der Waals surface area (Å²) in [5.74, 6) is 0.979. The third-order valence-corrected chi connectivity index (χ3v) is 5.46. The maximum absolute atomic E-state index is 5.74. The Kier molecular flexibility index (Phi) is 3.73. The molecule has 0 aromatic rings. The molecule has 0 bridgehead atoms. The molecule has 0 saturated carbocycles. The highest BCUT2D eigenvalue weighted by Gasteiger charge is 2.31. The Morgan fingerprint density at radius 3 is 2.53 bits per heavy atom. The molecular formula is C14H22NOP. The van der Waals surface area contributed by atoms with Crippen LogP contribution >= 0.6 is 7.92 Å². The summed E-state index contributed by atoms with van der Waals surface area (Å²) < 4.78 is 5.74. The molecule has 3 heteroatoms. The third-order valence-electron chi connectivity index (χ3n) is 3.33. The van der Waals surface area contributed by atoms with Crippen molar-refractivity contribution in [2.24, 2.45) is 10.4 Å². The number of hydrogen-bond acceptors (Lipinski definition) is 2. The highest BCUT2D eigenvalue weighted by Crippen LogP contribution is 2.41. The van der Waals surface area contributed by atoms with Gasteiger partial charge in [0.05, 0.1) is 6.04 Å². The first-order valence-electron chi connectivity index (χ1n) is 6.21. The highest BCUT2D eigenvalue weighted by molar-refractivity contribution is 7.59. The molecule has 0 spiro atoms. The van der Waals surface area contributed by atoms with Crippen LogP contribution in [0.15, 0.2) is 29.3 Å². The van der Waals surface area contributed by atoms with Crippen LogP contribution in [0.1, 0.15) is 20.8 Å². The van der Waals surface area contributed by atoms with Crippen molar-refractivity contribution in [3.8, 4) is 0 Å². The lowest BCUT2D eigenvalue weighted by Gasteiger charge is -2.22. The highest BCUT2D eigenvalue weighted by atomic mass is 31.1. The summed E-state index contributed by atoms with van der Waals surface area (Å²) in [6.07, 6.45) is 9.85. The van der Waals surface area contributed by atoms with Crippen LogP contribution in [-0.4, -0.2) is 37.0 Å². The normalized spacial score (nSPS) is 26.1. The second-order valence-corrected chi connectivity index (χ2v) is 8.32. The molecule has 94 valence electrons. The molecule has 0 saturated heterocycles. The van der Waals surface area contributed by atoms with Gasteiger partial charge in [0.15, 0.2) is 5.90 Å². The molecule has 0 fully saturated rings. The van der Waals surface area contributed by atoms with Crippen molar-refractivity contribution < 1.29 is 4.74 Å². The summed E-state index contributed by atoms with van der Waals surface area (Å²) in [7, 11) is -0.0770. The Bertz CT molecular complexity index is 353. The largest absolute Gasteiger partial charge is 0.478 e.